The Labute approximate surface area is 157 Å². The number of rotatable bonds is 4. The van der Waals surface area contributed by atoms with Crippen molar-refractivity contribution in [3.8, 4) is 0 Å². The Bertz CT molecular complexity index is 830. The van der Waals surface area contributed by atoms with Gasteiger partial charge in [0.1, 0.15) is 10.7 Å². The Kier molecular flexibility index (Phi) is 5.89. The molecule has 0 fully saturated rings. The van der Waals surface area contributed by atoms with Crippen molar-refractivity contribution in [2.24, 2.45) is 0 Å². The number of carbonyl (C=O) groups is 3. The highest BCUT2D eigenvalue weighted by atomic mass is 32.2. The van der Waals surface area contributed by atoms with Gasteiger partial charge in [-0.15, -0.1) is 11.3 Å². The summed E-state index contributed by atoms with van der Waals surface area (Å²) in [7, 11) is 0. The lowest BCUT2D eigenvalue weighted by molar-refractivity contribution is -0.123. The molecule has 0 saturated heterocycles. The van der Waals surface area contributed by atoms with Crippen LogP contribution in [-0.4, -0.2) is 30.3 Å². The summed E-state index contributed by atoms with van der Waals surface area (Å²) in [6.45, 7) is -0.596. The molecule has 1 aliphatic heterocycles. The number of ether oxygens (including phenoxy) is 1. The third-order valence-electron chi connectivity index (χ3n) is 3.54. The number of nitrogens with one attached hydrogen (secondary N) is 2. The van der Waals surface area contributed by atoms with Gasteiger partial charge in [0.15, 0.2) is 6.61 Å². The van der Waals surface area contributed by atoms with Crippen molar-refractivity contribution in [3.63, 3.8) is 0 Å². The first-order valence-electron chi connectivity index (χ1n) is 7.75. The summed E-state index contributed by atoms with van der Waals surface area (Å²) in [6, 6.07) is 6.44. The number of hydrogen-bond acceptors (Lipinski definition) is 6. The van der Waals surface area contributed by atoms with Crippen LogP contribution in [0.15, 0.2) is 30.3 Å². The molecule has 2 N–H and O–H groups in total. The van der Waals surface area contributed by atoms with Crippen LogP contribution in [0.4, 0.5) is 14.9 Å². The van der Waals surface area contributed by atoms with Crippen molar-refractivity contribution in [2.75, 3.05) is 17.7 Å². The van der Waals surface area contributed by atoms with Crippen LogP contribution >= 0.6 is 23.1 Å². The SMILES string of the molecule is O=C(COC(=O)c1cc2c(s1)CCSC2)NC(=O)Nc1ccccc1F. The van der Waals surface area contributed by atoms with Gasteiger partial charge in [-0.3, -0.25) is 10.1 Å². The number of para-hydroxylation sites is 1. The molecule has 0 aliphatic carbocycles. The minimum Gasteiger partial charge on any atom is -0.451 e. The first-order valence-corrected chi connectivity index (χ1v) is 9.72. The van der Waals surface area contributed by atoms with Gasteiger partial charge in [-0.2, -0.15) is 11.8 Å². The van der Waals surface area contributed by atoms with Crippen molar-refractivity contribution in [1.82, 2.24) is 5.32 Å². The zero-order valence-corrected chi connectivity index (χ0v) is 15.2. The van der Waals surface area contributed by atoms with Crippen LogP contribution in [0.25, 0.3) is 0 Å². The fraction of sp³-hybridized carbons (Fsp3) is 0.235. The van der Waals surface area contributed by atoms with Crippen LogP contribution in [0.1, 0.15) is 20.1 Å². The second-order valence-corrected chi connectivity index (χ2v) is 7.66. The smallest absolute Gasteiger partial charge is 0.348 e. The number of carbonyl (C=O) groups excluding carboxylic acids is 3. The van der Waals surface area contributed by atoms with Gasteiger partial charge in [-0.05, 0) is 35.9 Å². The predicted molar refractivity (Wildman–Crippen MR) is 98.0 cm³/mol. The molecule has 1 aliphatic rings. The highest BCUT2D eigenvalue weighted by molar-refractivity contribution is 7.98. The molecule has 2 aromatic rings. The second-order valence-electron chi connectivity index (χ2n) is 5.42. The van der Waals surface area contributed by atoms with Gasteiger partial charge in [0.2, 0.25) is 0 Å². The van der Waals surface area contributed by atoms with E-state index in [1.54, 1.807) is 12.1 Å². The fourth-order valence-corrected chi connectivity index (χ4v) is 4.59. The van der Waals surface area contributed by atoms with Crippen molar-refractivity contribution in [3.05, 3.63) is 51.5 Å². The van der Waals surface area contributed by atoms with E-state index in [2.05, 4.69) is 5.32 Å². The standard InChI is InChI=1S/C17H15FN2O4S2/c18-11-3-1-2-4-12(11)19-17(23)20-15(21)8-24-16(22)14-7-10-9-25-6-5-13(10)26-14/h1-4,7H,5-6,8-9H2,(H2,19,20,21,23). The molecule has 1 aromatic carbocycles. The molecule has 6 nitrogen and oxygen atoms in total. The number of fused-ring (bicyclic) bond motifs is 1. The molecule has 1 aromatic heterocycles. The monoisotopic (exact) mass is 394 g/mol. The van der Waals surface area contributed by atoms with E-state index in [-0.39, 0.29) is 5.69 Å². The summed E-state index contributed by atoms with van der Waals surface area (Å²) >= 11 is 3.18. The van der Waals surface area contributed by atoms with E-state index in [0.29, 0.717) is 4.88 Å². The van der Waals surface area contributed by atoms with Crippen molar-refractivity contribution >= 4 is 46.7 Å². The predicted octanol–water partition coefficient (Wildman–Crippen LogP) is 3.18. The summed E-state index contributed by atoms with van der Waals surface area (Å²) < 4.78 is 18.4. The number of aryl methyl sites for hydroxylation is 1. The number of urea groups is 1. The number of esters is 1. The summed E-state index contributed by atoms with van der Waals surface area (Å²) in [5.74, 6) is -0.123. The third kappa shape index (κ3) is 4.61. The molecule has 9 heteroatoms. The molecule has 0 unspecified atom stereocenters. The van der Waals surface area contributed by atoms with Crippen molar-refractivity contribution < 1.29 is 23.5 Å². The van der Waals surface area contributed by atoms with E-state index in [9.17, 15) is 18.8 Å². The molecule has 0 spiro atoms. The van der Waals surface area contributed by atoms with Gasteiger partial charge >= 0.3 is 12.0 Å². The highest BCUT2D eigenvalue weighted by Crippen LogP contribution is 2.31. The second kappa shape index (κ2) is 8.33. The zero-order valence-electron chi connectivity index (χ0n) is 13.5. The minimum atomic E-state index is -0.903. The van der Waals surface area contributed by atoms with Gasteiger partial charge in [-0.1, -0.05) is 12.1 Å². The lowest BCUT2D eigenvalue weighted by Gasteiger charge is -2.08. The van der Waals surface area contributed by atoms with Gasteiger partial charge < -0.3 is 10.1 Å². The summed E-state index contributed by atoms with van der Waals surface area (Å²) in [6.07, 6.45) is 0.925. The quantitative estimate of drug-likeness (QED) is 0.778. The lowest BCUT2D eigenvalue weighted by atomic mass is 10.2. The topological polar surface area (TPSA) is 84.5 Å². The number of benzene rings is 1. The van der Waals surface area contributed by atoms with Gasteiger partial charge in [0.25, 0.3) is 5.91 Å². The van der Waals surface area contributed by atoms with Gasteiger partial charge in [0.05, 0.1) is 5.69 Å². The number of thiophene rings is 1. The molecule has 2 heterocycles. The summed E-state index contributed by atoms with van der Waals surface area (Å²) in [5, 5.41) is 4.19. The fourth-order valence-electron chi connectivity index (χ4n) is 2.33. The molecule has 3 rings (SSSR count). The Morgan fingerprint density at radius 1 is 1.23 bits per heavy atom. The number of anilines is 1. The number of halogens is 1. The van der Waals surface area contributed by atoms with Gasteiger partial charge in [0, 0.05) is 10.6 Å². The average molecular weight is 394 g/mol. The van der Waals surface area contributed by atoms with E-state index in [1.165, 1.54) is 34.4 Å². The van der Waals surface area contributed by atoms with Crippen molar-refractivity contribution in [1.29, 1.82) is 0 Å². The number of amides is 3. The molecular weight excluding hydrogens is 379 g/mol. The molecule has 0 radical (unpaired) electrons. The minimum absolute atomic E-state index is 0.0585. The van der Waals surface area contributed by atoms with Crippen LogP contribution in [0.5, 0.6) is 0 Å². The van der Waals surface area contributed by atoms with Gasteiger partial charge in [-0.25, -0.2) is 14.0 Å². The number of imide groups is 1. The number of thioether (sulfide) groups is 1. The first-order chi connectivity index (χ1) is 12.5. The third-order valence-corrected chi connectivity index (χ3v) is 5.76. The van der Waals surface area contributed by atoms with E-state index >= 15 is 0 Å². The largest absolute Gasteiger partial charge is 0.451 e. The van der Waals surface area contributed by atoms with E-state index in [0.717, 1.165) is 23.5 Å². The maximum absolute atomic E-state index is 13.4. The Hall–Kier alpha value is -2.39. The Morgan fingerprint density at radius 2 is 2.04 bits per heavy atom. The van der Waals surface area contributed by atoms with Crippen LogP contribution in [-0.2, 0) is 21.7 Å². The maximum Gasteiger partial charge on any atom is 0.348 e. The molecule has 3 amide bonds. The Morgan fingerprint density at radius 3 is 2.81 bits per heavy atom. The number of hydrogen-bond donors (Lipinski definition) is 2. The van der Waals surface area contributed by atoms with Crippen LogP contribution in [0.2, 0.25) is 0 Å². The molecule has 26 heavy (non-hydrogen) atoms. The zero-order chi connectivity index (χ0) is 18.5. The highest BCUT2D eigenvalue weighted by Gasteiger charge is 2.19. The molecule has 136 valence electrons. The first kappa shape index (κ1) is 18.4. The molecule has 0 bridgehead atoms. The Balaban J connectivity index is 1.47. The molecule has 0 saturated carbocycles. The van der Waals surface area contributed by atoms with E-state index in [4.69, 9.17) is 4.74 Å². The molecule has 0 atom stereocenters. The van der Waals surface area contributed by atoms with E-state index in [1.807, 2.05) is 17.1 Å². The maximum atomic E-state index is 13.4. The van der Waals surface area contributed by atoms with Crippen LogP contribution in [0.3, 0.4) is 0 Å². The van der Waals surface area contributed by atoms with Crippen LogP contribution < -0.4 is 10.6 Å². The van der Waals surface area contributed by atoms with Crippen LogP contribution in [0, 0.1) is 5.82 Å². The lowest BCUT2D eigenvalue weighted by Crippen LogP contribution is -2.37. The van der Waals surface area contributed by atoms with Crippen molar-refractivity contribution in [2.45, 2.75) is 12.2 Å². The summed E-state index contributed by atoms with van der Waals surface area (Å²) in [4.78, 5) is 37.0. The van der Waals surface area contributed by atoms with E-state index < -0.39 is 30.3 Å². The normalized spacial score (nSPS) is 12.8. The summed E-state index contributed by atoms with van der Waals surface area (Å²) in [5.41, 5.74) is 1.07. The average Bonchev–Trinajstić information content (AvgIpc) is 3.06. The molecular formula is C17H15FN2O4S2.